The number of fused-ring (bicyclic) bond motifs is 8. The van der Waals surface area contributed by atoms with Gasteiger partial charge in [-0.1, -0.05) is 146 Å². The highest BCUT2D eigenvalue weighted by Gasteiger charge is 2.24. The topological polar surface area (TPSA) is 17.8 Å². The first kappa shape index (κ1) is 27.8. The number of rotatable bonds is 3. The van der Waals surface area contributed by atoms with Crippen molar-refractivity contribution in [3.63, 3.8) is 0 Å². The first-order valence-electron chi connectivity index (χ1n) is 17.0. The maximum Gasteiger partial charge on any atom is 0.0733 e. The molecule has 2 nitrogen and oxygen atoms in total. The van der Waals surface area contributed by atoms with E-state index < -0.39 is 0 Å². The van der Waals surface area contributed by atoms with E-state index in [1.54, 1.807) is 0 Å². The lowest BCUT2D eigenvalue weighted by atomic mass is 9.83. The van der Waals surface area contributed by atoms with Crippen LogP contribution in [0.3, 0.4) is 0 Å². The van der Waals surface area contributed by atoms with E-state index in [4.69, 9.17) is 5.10 Å². The van der Waals surface area contributed by atoms with Crippen molar-refractivity contribution in [2.75, 3.05) is 0 Å². The van der Waals surface area contributed by atoms with Crippen LogP contribution in [0.1, 0.15) is 11.4 Å². The zero-order valence-corrected chi connectivity index (χ0v) is 27.4. The monoisotopic (exact) mass is 624 g/mol. The van der Waals surface area contributed by atoms with Crippen LogP contribution >= 0.6 is 0 Å². The number of hydrogen-bond donors (Lipinski definition) is 0. The van der Waals surface area contributed by atoms with Crippen LogP contribution in [-0.4, -0.2) is 9.78 Å². The van der Waals surface area contributed by atoms with Gasteiger partial charge in [-0.25, -0.2) is 4.68 Å². The van der Waals surface area contributed by atoms with Gasteiger partial charge in [0.25, 0.3) is 0 Å². The molecule has 0 unspecified atom stereocenters. The molecule has 0 atom stereocenters. The van der Waals surface area contributed by atoms with E-state index in [1.807, 2.05) is 0 Å². The maximum absolute atomic E-state index is 5.30. The molecule has 0 saturated carbocycles. The fourth-order valence-electron chi connectivity index (χ4n) is 8.40. The molecule has 10 rings (SSSR count). The molecule has 1 aromatic heterocycles. The van der Waals surface area contributed by atoms with Gasteiger partial charge in [-0.2, -0.15) is 5.10 Å². The Balaban J connectivity index is 1.31. The van der Waals surface area contributed by atoms with E-state index in [0.29, 0.717) is 0 Å². The van der Waals surface area contributed by atoms with E-state index in [2.05, 4.69) is 176 Å². The summed E-state index contributed by atoms with van der Waals surface area (Å²) in [5.41, 5.74) is 8.24. The zero-order valence-electron chi connectivity index (χ0n) is 27.4. The molecule has 0 spiro atoms. The quantitative estimate of drug-likeness (QED) is 0.141. The third-order valence-electron chi connectivity index (χ3n) is 10.5. The number of nitrogens with zero attached hydrogens (tertiary/aromatic N) is 2. The third-order valence-corrected chi connectivity index (χ3v) is 10.5. The third kappa shape index (κ3) is 4.04. The molecule has 0 aliphatic rings. The molecule has 0 aliphatic carbocycles. The molecular formula is C47H32N2. The van der Waals surface area contributed by atoms with Crippen molar-refractivity contribution in [2.24, 2.45) is 0 Å². The predicted molar refractivity (Wildman–Crippen MR) is 209 cm³/mol. The summed E-state index contributed by atoms with van der Waals surface area (Å²) >= 11 is 0. The van der Waals surface area contributed by atoms with Crippen molar-refractivity contribution in [3.05, 3.63) is 169 Å². The Morgan fingerprint density at radius 2 is 0.776 bits per heavy atom. The summed E-state index contributed by atoms with van der Waals surface area (Å²) in [4.78, 5) is 0. The average molecular weight is 625 g/mol. The van der Waals surface area contributed by atoms with Crippen LogP contribution < -0.4 is 0 Å². The molecule has 0 aliphatic heterocycles. The summed E-state index contributed by atoms with van der Waals surface area (Å²) in [5, 5.41) is 20.3. The van der Waals surface area contributed by atoms with E-state index in [1.165, 1.54) is 86.9 Å². The molecule has 0 bridgehead atoms. The molecule has 0 fully saturated rings. The molecule has 0 radical (unpaired) electrons. The lowest BCUT2D eigenvalue weighted by Gasteiger charge is -2.20. The summed E-state index contributed by atoms with van der Waals surface area (Å²) in [6.07, 6.45) is 0. The van der Waals surface area contributed by atoms with Crippen molar-refractivity contribution in [1.82, 2.24) is 9.78 Å². The minimum Gasteiger partial charge on any atom is -0.237 e. The Labute approximate surface area is 284 Å². The highest BCUT2D eigenvalue weighted by Crippen LogP contribution is 2.48. The number of hydrogen-bond acceptors (Lipinski definition) is 1. The normalized spacial score (nSPS) is 11.9. The fourth-order valence-corrected chi connectivity index (χ4v) is 8.40. The Bertz CT molecular complexity index is 2910. The largest absolute Gasteiger partial charge is 0.237 e. The number of benzene rings is 9. The van der Waals surface area contributed by atoms with Crippen molar-refractivity contribution in [1.29, 1.82) is 0 Å². The standard InChI is InChI=1S/C47H32N2/c1-29-45(30(2)49(48-29)44-28-32-16-4-6-18-34(32)36-20-9-10-22-38(36)44)47-41-25-13-11-23-39(41)46(40-24-12-14-26-42(40)47)43-27-31-15-3-5-17-33(31)35-19-7-8-21-37(35)43/h3-28H,1-2H3. The second kappa shape index (κ2) is 10.6. The van der Waals surface area contributed by atoms with Crippen molar-refractivity contribution in [2.45, 2.75) is 13.8 Å². The molecule has 0 N–H and O–H groups in total. The van der Waals surface area contributed by atoms with Gasteiger partial charge in [-0.3, -0.25) is 0 Å². The molecule has 2 heteroatoms. The minimum atomic E-state index is 1.02. The van der Waals surface area contributed by atoms with Crippen LogP contribution in [-0.2, 0) is 0 Å². The van der Waals surface area contributed by atoms with Crippen molar-refractivity contribution >= 4 is 64.6 Å². The van der Waals surface area contributed by atoms with Gasteiger partial charge in [0.05, 0.1) is 11.4 Å². The zero-order chi connectivity index (χ0) is 32.6. The van der Waals surface area contributed by atoms with Crippen LogP contribution in [0.5, 0.6) is 0 Å². The molecule has 10 aromatic rings. The second-order valence-electron chi connectivity index (χ2n) is 13.2. The molecule has 49 heavy (non-hydrogen) atoms. The Morgan fingerprint density at radius 3 is 1.35 bits per heavy atom. The molecule has 0 amide bonds. The van der Waals surface area contributed by atoms with Gasteiger partial charge in [0, 0.05) is 22.2 Å². The van der Waals surface area contributed by atoms with E-state index in [0.717, 1.165) is 17.1 Å². The number of aryl methyl sites for hydroxylation is 1. The minimum absolute atomic E-state index is 1.02. The Morgan fingerprint density at radius 1 is 0.367 bits per heavy atom. The summed E-state index contributed by atoms with van der Waals surface area (Å²) in [7, 11) is 0. The Kier molecular flexibility index (Phi) is 6.04. The van der Waals surface area contributed by atoms with Gasteiger partial charge >= 0.3 is 0 Å². The van der Waals surface area contributed by atoms with E-state index in [9.17, 15) is 0 Å². The maximum atomic E-state index is 5.30. The first-order valence-corrected chi connectivity index (χ1v) is 17.0. The smallest absolute Gasteiger partial charge is 0.0733 e. The van der Waals surface area contributed by atoms with Crippen molar-refractivity contribution in [3.8, 4) is 27.9 Å². The SMILES string of the molecule is Cc1nn(-c2cc3ccccc3c3ccccc23)c(C)c1-c1c2ccccc2c(-c2cc3ccccc3c3ccccc23)c2ccccc12. The van der Waals surface area contributed by atoms with E-state index in [-0.39, 0.29) is 0 Å². The van der Waals surface area contributed by atoms with Gasteiger partial charge < -0.3 is 0 Å². The van der Waals surface area contributed by atoms with Gasteiger partial charge in [0.15, 0.2) is 0 Å². The molecule has 230 valence electrons. The van der Waals surface area contributed by atoms with E-state index >= 15 is 0 Å². The summed E-state index contributed by atoms with van der Waals surface area (Å²) < 4.78 is 2.17. The van der Waals surface area contributed by atoms with Crippen LogP contribution in [0.15, 0.2) is 158 Å². The fraction of sp³-hybridized carbons (Fsp3) is 0.0426. The average Bonchev–Trinajstić information content (AvgIpc) is 3.45. The van der Waals surface area contributed by atoms with Crippen LogP contribution in [0.4, 0.5) is 0 Å². The lowest BCUT2D eigenvalue weighted by molar-refractivity contribution is 0.841. The lowest BCUT2D eigenvalue weighted by Crippen LogP contribution is -2.01. The van der Waals surface area contributed by atoms with Crippen molar-refractivity contribution < 1.29 is 0 Å². The van der Waals surface area contributed by atoms with Gasteiger partial charge in [0.1, 0.15) is 0 Å². The molecular weight excluding hydrogens is 593 g/mol. The van der Waals surface area contributed by atoms with Crippen LogP contribution in [0, 0.1) is 13.8 Å². The summed E-state index contributed by atoms with van der Waals surface area (Å²) in [6, 6.07) is 57.6. The predicted octanol–water partition coefficient (Wildman–Crippen LogP) is 12.7. The molecule has 0 saturated heterocycles. The second-order valence-corrected chi connectivity index (χ2v) is 13.2. The highest BCUT2D eigenvalue weighted by molar-refractivity contribution is 6.26. The summed E-state index contributed by atoms with van der Waals surface area (Å²) in [5.74, 6) is 0. The molecule has 9 aromatic carbocycles. The summed E-state index contributed by atoms with van der Waals surface area (Å²) in [6.45, 7) is 4.39. The van der Waals surface area contributed by atoms with Crippen LogP contribution in [0.2, 0.25) is 0 Å². The van der Waals surface area contributed by atoms with Gasteiger partial charge in [-0.15, -0.1) is 0 Å². The van der Waals surface area contributed by atoms with Gasteiger partial charge in [0.2, 0.25) is 0 Å². The van der Waals surface area contributed by atoms with Gasteiger partial charge in [-0.05, 0) is 96.4 Å². The highest BCUT2D eigenvalue weighted by atomic mass is 15.3. The van der Waals surface area contributed by atoms with Crippen LogP contribution in [0.25, 0.3) is 92.6 Å². The first-order chi connectivity index (χ1) is 24.2. The number of aromatic nitrogens is 2. The Hall–Kier alpha value is -6.25. The molecule has 1 heterocycles.